The van der Waals surface area contributed by atoms with Crippen molar-refractivity contribution in [2.75, 3.05) is 10.6 Å². The molecule has 0 spiro atoms. The summed E-state index contributed by atoms with van der Waals surface area (Å²) in [5, 5.41) is 14.9. The van der Waals surface area contributed by atoms with Crippen LogP contribution in [0.1, 0.15) is 23.4 Å². The number of aromatic nitrogens is 3. The zero-order valence-electron chi connectivity index (χ0n) is 18.0. The quantitative estimate of drug-likeness (QED) is 0.268. The average Bonchev–Trinajstić information content (AvgIpc) is 3.48. The molecule has 2 aromatic carbocycles. The molecule has 1 aliphatic rings. The van der Waals surface area contributed by atoms with Gasteiger partial charge in [-0.1, -0.05) is 53.2 Å². The summed E-state index contributed by atoms with van der Waals surface area (Å²) in [5.74, 6) is 1.08. The van der Waals surface area contributed by atoms with Crippen LogP contribution in [0.3, 0.4) is 0 Å². The fourth-order valence-electron chi connectivity index (χ4n) is 3.70. The number of thiophene rings is 1. The van der Waals surface area contributed by atoms with Crippen molar-refractivity contribution in [1.29, 1.82) is 0 Å². The van der Waals surface area contributed by atoms with Crippen molar-refractivity contribution in [3.8, 4) is 0 Å². The van der Waals surface area contributed by atoms with E-state index in [2.05, 4.69) is 15.6 Å². The number of rotatable bonds is 6. The van der Waals surface area contributed by atoms with Crippen molar-refractivity contribution in [2.45, 2.75) is 23.9 Å². The molecule has 0 bridgehead atoms. The number of amides is 1. The average molecular weight is 528 g/mol. The maximum absolute atomic E-state index is 13.4. The van der Waals surface area contributed by atoms with Crippen molar-refractivity contribution in [3.63, 3.8) is 0 Å². The van der Waals surface area contributed by atoms with Gasteiger partial charge in [0.05, 0.1) is 5.57 Å². The topological polar surface area (TPSA) is 71.8 Å². The Morgan fingerprint density at radius 3 is 2.71 bits per heavy atom. The summed E-state index contributed by atoms with van der Waals surface area (Å²) in [6.45, 7) is 1.88. The van der Waals surface area contributed by atoms with Crippen LogP contribution in [-0.2, 0) is 10.5 Å². The summed E-state index contributed by atoms with van der Waals surface area (Å²) in [6, 6.07) is 18.4. The Morgan fingerprint density at radius 1 is 1.15 bits per heavy atom. The number of fused-ring (bicyclic) bond motifs is 1. The first kappa shape index (κ1) is 23.0. The van der Waals surface area contributed by atoms with Crippen LogP contribution in [0, 0.1) is 0 Å². The Labute approximate surface area is 215 Å². The number of nitrogens with one attached hydrogen (secondary N) is 2. The normalized spacial score (nSPS) is 15.1. The highest BCUT2D eigenvalue weighted by molar-refractivity contribution is 7.98. The largest absolute Gasteiger partial charge is 0.328 e. The molecule has 1 unspecified atom stereocenters. The third-order valence-corrected chi connectivity index (χ3v) is 7.57. The fraction of sp³-hybridized carbons (Fsp3) is 0.125. The summed E-state index contributed by atoms with van der Waals surface area (Å²) in [6.07, 6.45) is 0. The number of thioether (sulfide) groups is 1. The van der Waals surface area contributed by atoms with Crippen LogP contribution in [0.15, 0.2) is 82.5 Å². The minimum Gasteiger partial charge on any atom is -0.328 e. The summed E-state index contributed by atoms with van der Waals surface area (Å²) < 4.78 is 1.79. The van der Waals surface area contributed by atoms with Crippen molar-refractivity contribution in [1.82, 2.24) is 14.8 Å². The van der Waals surface area contributed by atoms with E-state index in [0.717, 1.165) is 16.1 Å². The first-order valence-electron chi connectivity index (χ1n) is 10.4. The van der Waals surface area contributed by atoms with Gasteiger partial charge in [0.25, 0.3) is 5.91 Å². The molecule has 0 radical (unpaired) electrons. The number of benzene rings is 2. The van der Waals surface area contributed by atoms with E-state index in [4.69, 9.17) is 28.3 Å². The predicted molar refractivity (Wildman–Crippen MR) is 140 cm³/mol. The molecule has 172 valence electrons. The lowest BCUT2D eigenvalue weighted by Gasteiger charge is -2.27. The van der Waals surface area contributed by atoms with Gasteiger partial charge in [0, 0.05) is 32.1 Å². The van der Waals surface area contributed by atoms with Gasteiger partial charge in [0.1, 0.15) is 6.04 Å². The van der Waals surface area contributed by atoms with E-state index in [9.17, 15) is 4.79 Å². The first-order chi connectivity index (χ1) is 16.5. The second kappa shape index (κ2) is 9.84. The minimum atomic E-state index is -0.392. The molecule has 0 fully saturated rings. The zero-order chi connectivity index (χ0) is 23.7. The van der Waals surface area contributed by atoms with Gasteiger partial charge in [-0.2, -0.15) is 4.98 Å². The standard InChI is InChI=1S/C24H19Cl2N5OS2/c1-14-20(22(32)28-18-9-7-16(25)8-10-18)21(19-6-3-11-33-19)31-23(27-14)29-24(30-31)34-13-15-4-2-5-17(26)12-15/h2-12,21H,13H2,1H3,(H,28,32)(H,27,29,30). The van der Waals surface area contributed by atoms with Gasteiger partial charge in [-0.3, -0.25) is 4.79 Å². The lowest BCUT2D eigenvalue weighted by molar-refractivity contribution is -0.113. The number of carbonyl (C=O) groups excluding carboxylic acids is 1. The van der Waals surface area contributed by atoms with Crippen LogP contribution in [0.4, 0.5) is 11.6 Å². The smallest absolute Gasteiger partial charge is 0.255 e. The highest BCUT2D eigenvalue weighted by atomic mass is 35.5. The van der Waals surface area contributed by atoms with Crippen LogP contribution in [0.5, 0.6) is 0 Å². The van der Waals surface area contributed by atoms with Crippen LogP contribution in [-0.4, -0.2) is 20.7 Å². The SMILES string of the molecule is CC1=C(C(=O)Nc2ccc(Cl)cc2)C(c2cccs2)n2nc(SCc3cccc(Cl)c3)nc2N1. The second-order valence-corrected chi connectivity index (χ2v) is 10.4. The molecule has 0 aliphatic carbocycles. The first-order valence-corrected chi connectivity index (χ1v) is 13.0. The lowest BCUT2D eigenvalue weighted by Crippen LogP contribution is -2.31. The Balaban J connectivity index is 1.44. The van der Waals surface area contributed by atoms with E-state index in [1.54, 1.807) is 40.3 Å². The van der Waals surface area contributed by atoms with E-state index in [1.807, 2.05) is 48.7 Å². The summed E-state index contributed by atoms with van der Waals surface area (Å²) in [4.78, 5) is 19.1. The molecule has 3 heterocycles. The number of allylic oxidation sites excluding steroid dienone is 1. The predicted octanol–water partition coefficient (Wildman–Crippen LogP) is 6.87. The van der Waals surface area contributed by atoms with Gasteiger partial charge in [-0.25, -0.2) is 4.68 Å². The molecule has 2 N–H and O–H groups in total. The van der Waals surface area contributed by atoms with Gasteiger partial charge in [0.2, 0.25) is 11.1 Å². The van der Waals surface area contributed by atoms with E-state index < -0.39 is 6.04 Å². The Hall–Kier alpha value is -2.78. The molecule has 2 aromatic heterocycles. The molecule has 4 aromatic rings. The van der Waals surface area contributed by atoms with E-state index in [1.165, 1.54) is 11.8 Å². The van der Waals surface area contributed by atoms with E-state index >= 15 is 0 Å². The summed E-state index contributed by atoms with van der Waals surface area (Å²) in [7, 11) is 0. The van der Waals surface area contributed by atoms with E-state index in [0.29, 0.717) is 38.2 Å². The number of hydrogen-bond donors (Lipinski definition) is 2. The molecule has 5 rings (SSSR count). The third-order valence-electron chi connectivity index (χ3n) is 5.25. The fourth-order valence-corrected chi connectivity index (χ4v) is 5.63. The van der Waals surface area contributed by atoms with Gasteiger partial charge in [-0.05, 0) is 60.3 Å². The number of halogens is 2. The van der Waals surface area contributed by atoms with Crippen molar-refractivity contribution < 1.29 is 4.79 Å². The molecule has 0 saturated heterocycles. The number of carbonyl (C=O) groups is 1. The minimum absolute atomic E-state index is 0.208. The number of anilines is 2. The molecule has 6 nitrogen and oxygen atoms in total. The van der Waals surface area contributed by atoms with Crippen LogP contribution >= 0.6 is 46.3 Å². The Kier molecular flexibility index (Phi) is 6.65. The lowest BCUT2D eigenvalue weighted by atomic mass is 10.0. The summed E-state index contributed by atoms with van der Waals surface area (Å²) >= 11 is 15.2. The van der Waals surface area contributed by atoms with Crippen LogP contribution < -0.4 is 10.6 Å². The zero-order valence-corrected chi connectivity index (χ0v) is 21.1. The summed E-state index contributed by atoms with van der Waals surface area (Å²) in [5.41, 5.74) is 3.07. The number of hydrogen-bond acceptors (Lipinski definition) is 6. The van der Waals surface area contributed by atoms with Gasteiger partial charge in [0.15, 0.2) is 0 Å². The van der Waals surface area contributed by atoms with E-state index in [-0.39, 0.29) is 5.91 Å². The number of nitrogens with zero attached hydrogens (tertiary/aromatic N) is 3. The second-order valence-electron chi connectivity index (χ2n) is 7.62. The Morgan fingerprint density at radius 2 is 1.97 bits per heavy atom. The highest BCUT2D eigenvalue weighted by Gasteiger charge is 2.35. The van der Waals surface area contributed by atoms with Gasteiger partial charge < -0.3 is 10.6 Å². The van der Waals surface area contributed by atoms with Crippen molar-refractivity contribution in [2.24, 2.45) is 0 Å². The molecule has 34 heavy (non-hydrogen) atoms. The Bertz CT molecular complexity index is 1370. The molecular weight excluding hydrogens is 509 g/mol. The monoisotopic (exact) mass is 527 g/mol. The molecule has 0 saturated carbocycles. The third kappa shape index (κ3) is 4.86. The maximum Gasteiger partial charge on any atom is 0.255 e. The molecule has 1 aliphatic heterocycles. The van der Waals surface area contributed by atoms with Gasteiger partial charge >= 0.3 is 0 Å². The molecular formula is C24H19Cl2N5OS2. The maximum atomic E-state index is 13.4. The highest BCUT2D eigenvalue weighted by Crippen LogP contribution is 2.38. The molecule has 1 amide bonds. The van der Waals surface area contributed by atoms with Crippen molar-refractivity contribution >= 4 is 63.8 Å². The van der Waals surface area contributed by atoms with Gasteiger partial charge in [-0.15, -0.1) is 16.4 Å². The van der Waals surface area contributed by atoms with Crippen LogP contribution in [0.25, 0.3) is 0 Å². The molecule has 10 heteroatoms. The molecule has 1 atom stereocenters. The van der Waals surface area contributed by atoms with Crippen molar-refractivity contribution in [3.05, 3.63) is 97.8 Å². The van der Waals surface area contributed by atoms with Crippen LogP contribution in [0.2, 0.25) is 10.0 Å².